The number of anilines is 1. The Morgan fingerprint density at radius 2 is 1.58 bits per heavy atom. The van der Waals surface area contributed by atoms with Crippen LogP contribution in [0.2, 0.25) is 0 Å². The first-order valence-corrected chi connectivity index (χ1v) is 16.4. The molecule has 0 radical (unpaired) electrons. The van der Waals surface area contributed by atoms with Crippen LogP contribution in [0.5, 0.6) is 0 Å². The Balaban J connectivity index is 1.08. The highest BCUT2D eigenvalue weighted by atomic mass is 32.2. The number of halogens is 3. The summed E-state index contributed by atoms with van der Waals surface area (Å²) in [6.07, 6.45) is 3.75. The highest BCUT2D eigenvalue weighted by Crippen LogP contribution is 2.30. The molecule has 9 nitrogen and oxygen atoms in total. The van der Waals surface area contributed by atoms with Crippen molar-refractivity contribution in [1.82, 2.24) is 20.5 Å². The molecule has 0 bridgehead atoms. The topological polar surface area (TPSA) is 128 Å². The zero-order chi connectivity index (χ0) is 33.5. The Hall–Kier alpha value is -4.56. The van der Waals surface area contributed by atoms with E-state index in [-0.39, 0.29) is 12.2 Å². The third-order valence-electron chi connectivity index (χ3n) is 8.07. The van der Waals surface area contributed by atoms with E-state index in [1.807, 2.05) is 0 Å². The second-order valence-corrected chi connectivity index (χ2v) is 12.3. The van der Waals surface area contributed by atoms with E-state index in [2.05, 4.69) is 25.8 Å². The molecular weight excluding hydrogens is 641 g/mol. The highest BCUT2D eigenvalue weighted by molar-refractivity contribution is 7.99. The van der Waals surface area contributed by atoms with Crippen molar-refractivity contribution in [2.24, 2.45) is 5.73 Å². The van der Waals surface area contributed by atoms with E-state index in [1.54, 1.807) is 30.6 Å². The van der Waals surface area contributed by atoms with Crippen LogP contribution in [0.4, 0.5) is 18.9 Å². The lowest BCUT2D eigenvalue weighted by molar-refractivity contribution is -0.117. The van der Waals surface area contributed by atoms with E-state index in [4.69, 9.17) is 14.9 Å². The van der Waals surface area contributed by atoms with Gasteiger partial charge in [-0.15, -0.1) is 10.2 Å². The van der Waals surface area contributed by atoms with Crippen molar-refractivity contribution in [1.29, 1.82) is 0 Å². The van der Waals surface area contributed by atoms with Crippen molar-refractivity contribution in [3.63, 3.8) is 0 Å². The minimum Gasteiger partial charge on any atom is -0.411 e. The number of nitrogens with one attached hydrogen (secondary N) is 2. The summed E-state index contributed by atoms with van der Waals surface area (Å²) in [5.74, 6) is -1.64. The van der Waals surface area contributed by atoms with Crippen molar-refractivity contribution in [3.05, 3.63) is 125 Å². The van der Waals surface area contributed by atoms with Gasteiger partial charge < -0.3 is 25.5 Å². The molecule has 248 valence electrons. The molecule has 1 fully saturated rings. The minimum atomic E-state index is -1.15. The Bertz CT molecular complexity index is 1770. The number of benzene rings is 3. The first-order valence-electron chi connectivity index (χ1n) is 15.4. The van der Waals surface area contributed by atoms with Gasteiger partial charge in [0, 0.05) is 54.0 Å². The summed E-state index contributed by atoms with van der Waals surface area (Å²) < 4.78 is 54.7. The summed E-state index contributed by atoms with van der Waals surface area (Å²) >= 11 is 1.40. The van der Waals surface area contributed by atoms with Gasteiger partial charge >= 0.3 is 0 Å². The van der Waals surface area contributed by atoms with Crippen LogP contribution in [-0.4, -0.2) is 58.2 Å². The number of nitrogens with zero attached hydrogens (tertiary/aromatic N) is 3. The molecule has 3 aromatic carbocycles. The quantitative estimate of drug-likeness (QED) is 0.142. The average molecular weight is 675 g/mol. The average Bonchev–Trinajstić information content (AvgIpc) is 3.59. The van der Waals surface area contributed by atoms with Crippen LogP contribution in [0.15, 0.2) is 101 Å². The SMILES string of the molecule is N[C@H](C(=O)Nc1cccc(F)c1CC[C@@H]1CNC[C@@H](CSc2nnc(-c3ccncc3)o2)O1)C(c1ccc(F)cc1)c1ccc(F)cc1. The maximum atomic E-state index is 15.2. The minimum absolute atomic E-state index is 0.141. The number of carbonyl (C=O) groups excluding carboxylic acids is 1. The number of nitrogens with two attached hydrogens (primary N) is 1. The number of hydrogen-bond acceptors (Lipinski definition) is 9. The first kappa shape index (κ1) is 33.3. The van der Waals surface area contributed by atoms with Crippen molar-refractivity contribution in [3.8, 4) is 11.5 Å². The number of rotatable bonds is 12. The van der Waals surface area contributed by atoms with Crippen molar-refractivity contribution >= 4 is 23.4 Å². The number of carbonyl (C=O) groups is 1. The lowest BCUT2D eigenvalue weighted by Gasteiger charge is -2.31. The molecule has 3 heterocycles. The van der Waals surface area contributed by atoms with E-state index in [9.17, 15) is 13.6 Å². The first-order chi connectivity index (χ1) is 23.3. The molecule has 5 aromatic rings. The summed E-state index contributed by atoms with van der Waals surface area (Å²) in [7, 11) is 0. The lowest BCUT2D eigenvalue weighted by Crippen LogP contribution is -2.46. The molecule has 0 saturated carbocycles. The van der Waals surface area contributed by atoms with Crippen LogP contribution >= 0.6 is 11.8 Å². The maximum absolute atomic E-state index is 15.2. The smallest absolute Gasteiger partial charge is 0.276 e. The summed E-state index contributed by atoms with van der Waals surface area (Å²) in [5, 5.41) is 14.8. The van der Waals surface area contributed by atoms with Gasteiger partial charge in [-0.3, -0.25) is 9.78 Å². The van der Waals surface area contributed by atoms with Crippen LogP contribution in [-0.2, 0) is 16.0 Å². The molecule has 1 aliphatic rings. The largest absolute Gasteiger partial charge is 0.411 e. The van der Waals surface area contributed by atoms with E-state index in [0.29, 0.717) is 65.2 Å². The van der Waals surface area contributed by atoms with Gasteiger partial charge in [-0.05, 0) is 72.5 Å². The monoisotopic (exact) mass is 674 g/mol. The molecule has 1 amide bonds. The molecule has 2 aromatic heterocycles. The van der Waals surface area contributed by atoms with Crippen molar-refractivity contribution in [2.75, 3.05) is 24.2 Å². The standard InChI is InChI=1S/C35H33F3N6O3S/c36-24-8-4-21(5-9-24)31(22-6-10-25(37)11-7-22)32(39)33(45)42-30-3-1-2-29(38)28(30)13-12-26-18-41-19-27(46-26)20-48-35-44-43-34(47-35)23-14-16-40-17-15-23/h1-11,14-17,26-27,31-32,41H,12-13,18-20,39H2,(H,42,45)/t26-,27+,32+/m1/s1. The Morgan fingerprint density at radius 3 is 2.27 bits per heavy atom. The highest BCUT2D eigenvalue weighted by Gasteiger charge is 2.29. The van der Waals surface area contributed by atoms with E-state index in [0.717, 1.165) is 5.56 Å². The number of aromatic nitrogens is 3. The number of pyridine rings is 1. The fraction of sp³-hybridized carbons (Fsp3) is 0.257. The molecule has 0 aliphatic carbocycles. The Morgan fingerprint density at radius 1 is 0.917 bits per heavy atom. The summed E-state index contributed by atoms with van der Waals surface area (Å²) in [5.41, 5.74) is 9.06. The van der Waals surface area contributed by atoms with Gasteiger partial charge in [0.25, 0.3) is 5.22 Å². The van der Waals surface area contributed by atoms with Gasteiger partial charge in [-0.1, -0.05) is 42.1 Å². The molecule has 13 heteroatoms. The van der Waals surface area contributed by atoms with E-state index >= 15 is 4.39 Å². The molecule has 3 atom stereocenters. The second kappa shape index (κ2) is 15.6. The molecule has 1 saturated heterocycles. The van der Waals surface area contributed by atoms with Gasteiger partial charge in [0.1, 0.15) is 17.5 Å². The number of morpholine rings is 1. The van der Waals surface area contributed by atoms with Crippen LogP contribution in [0, 0.1) is 17.5 Å². The summed E-state index contributed by atoms with van der Waals surface area (Å²) in [6, 6.07) is 18.2. The molecule has 4 N–H and O–H groups in total. The molecular formula is C35H33F3N6O3S. The van der Waals surface area contributed by atoms with Gasteiger partial charge in [-0.2, -0.15) is 0 Å². The zero-order valence-electron chi connectivity index (χ0n) is 25.7. The normalized spacial score (nSPS) is 16.9. The van der Waals surface area contributed by atoms with Crippen molar-refractivity contribution in [2.45, 2.75) is 42.2 Å². The zero-order valence-corrected chi connectivity index (χ0v) is 26.5. The van der Waals surface area contributed by atoms with Gasteiger partial charge in [0.05, 0.1) is 18.2 Å². The van der Waals surface area contributed by atoms with Crippen LogP contribution in [0.25, 0.3) is 11.5 Å². The van der Waals surface area contributed by atoms with Gasteiger partial charge in [0.2, 0.25) is 11.8 Å². The van der Waals surface area contributed by atoms with Gasteiger partial charge in [0.15, 0.2) is 0 Å². The Kier molecular flexibility index (Phi) is 10.8. The van der Waals surface area contributed by atoms with Crippen LogP contribution < -0.4 is 16.4 Å². The van der Waals surface area contributed by atoms with E-state index < -0.39 is 35.3 Å². The number of thioether (sulfide) groups is 1. The molecule has 48 heavy (non-hydrogen) atoms. The van der Waals surface area contributed by atoms with Crippen LogP contribution in [0.1, 0.15) is 29.0 Å². The molecule has 0 unspecified atom stereocenters. The summed E-state index contributed by atoms with van der Waals surface area (Å²) in [6.45, 7) is 1.23. The fourth-order valence-corrected chi connectivity index (χ4v) is 6.40. The third-order valence-corrected chi connectivity index (χ3v) is 9.02. The second-order valence-electron chi connectivity index (χ2n) is 11.4. The van der Waals surface area contributed by atoms with Crippen molar-refractivity contribution < 1.29 is 27.1 Å². The molecule has 0 spiro atoms. The molecule has 6 rings (SSSR count). The van der Waals surface area contributed by atoms with Crippen LogP contribution in [0.3, 0.4) is 0 Å². The lowest BCUT2D eigenvalue weighted by atomic mass is 9.85. The number of amides is 1. The third kappa shape index (κ3) is 8.29. The van der Waals surface area contributed by atoms with Gasteiger partial charge in [-0.25, -0.2) is 13.2 Å². The fourth-order valence-electron chi connectivity index (χ4n) is 5.64. The predicted molar refractivity (Wildman–Crippen MR) is 176 cm³/mol. The predicted octanol–water partition coefficient (Wildman–Crippen LogP) is 5.73. The number of hydrogen-bond donors (Lipinski definition) is 3. The molecule has 1 aliphatic heterocycles. The maximum Gasteiger partial charge on any atom is 0.276 e. The number of ether oxygens (including phenoxy) is 1. The van der Waals surface area contributed by atoms with E-state index in [1.165, 1.54) is 72.4 Å². The summed E-state index contributed by atoms with van der Waals surface area (Å²) in [4.78, 5) is 17.5. The Labute approximate surface area is 279 Å².